The zero-order valence-corrected chi connectivity index (χ0v) is 19.3. The van der Waals surface area contributed by atoms with Crippen LogP contribution in [0.15, 0.2) is 73.2 Å². The predicted octanol–water partition coefficient (Wildman–Crippen LogP) is 4.53. The Morgan fingerprint density at radius 3 is 2.46 bits per heavy atom. The van der Waals surface area contributed by atoms with Crippen LogP contribution in [0.3, 0.4) is 0 Å². The SMILES string of the molecule is COc1c(N2CCN(C(=O)Nc3ccncc3)CC2)cnc2c(-c3ccc(C#N)cc3)cccc12. The first-order chi connectivity index (χ1) is 17.2. The maximum Gasteiger partial charge on any atom is 0.321 e. The van der Waals surface area contributed by atoms with Crippen LogP contribution in [0.1, 0.15) is 5.56 Å². The summed E-state index contributed by atoms with van der Waals surface area (Å²) in [5.41, 5.74) is 5.07. The molecular formula is C27H24N6O2. The van der Waals surface area contributed by atoms with E-state index in [1.807, 2.05) is 48.7 Å². The topological polar surface area (TPSA) is 94.4 Å². The van der Waals surface area contributed by atoms with E-state index in [0.717, 1.165) is 39.2 Å². The highest BCUT2D eigenvalue weighted by Crippen LogP contribution is 2.38. The van der Waals surface area contributed by atoms with Crippen molar-refractivity contribution in [2.75, 3.05) is 43.5 Å². The van der Waals surface area contributed by atoms with E-state index in [1.54, 1.807) is 36.5 Å². The molecule has 5 rings (SSSR count). The molecule has 174 valence electrons. The number of rotatable bonds is 4. The number of ether oxygens (including phenoxy) is 1. The second-order valence-electron chi connectivity index (χ2n) is 8.21. The molecule has 2 aromatic carbocycles. The number of amides is 2. The fourth-order valence-electron chi connectivity index (χ4n) is 4.37. The van der Waals surface area contributed by atoms with Crippen LogP contribution in [0.2, 0.25) is 0 Å². The Labute approximate surface area is 203 Å². The van der Waals surface area contributed by atoms with Crippen molar-refractivity contribution in [1.82, 2.24) is 14.9 Å². The van der Waals surface area contributed by atoms with Crippen LogP contribution in [0, 0.1) is 11.3 Å². The fourth-order valence-corrected chi connectivity index (χ4v) is 4.37. The summed E-state index contributed by atoms with van der Waals surface area (Å²) in [6, 6.07) is 19.1. The quantitative estimate of drug-likeness (QED) is 0.477. The zero-order valence-electron chi connectivity index (χ0n) is 19.3. The minimum Gasteiger partial charge on any atom is -0.494 e. The molecule has 1 fully saturated rings. The largest absolute Gasteiger partial charge is 0.494 e. The first-order valence-corrected chi connectivity index (χ1v) is 11.3. The molecule has 1 saturated heterocycles. The highest BCUT2D eigenvalue weighted by molar-refractivity contribution is 5.99. The number of nitrogens with zero attached hydrogens (tertiary/aromatic N) is 5. The molecule has 0 radical (unpaired) electrons. The Morgan fingerprint density at radius 2 is 1.77 bits per heavy atom. The van der Waals surface area contributed by atoms with E-state index < -0.39 is 0 Å². The van der Waals surface area contributed by atoms with Gasteiger partial charge in [-0.25, -0.2) is 4.79 Å². The van der Waals surface area contributed by atoms with Gasteiger partial charge in [0.2, 0.25) is 0 Å². The van der Waals surface area contributed by atoms with Crippen molar-refractivity contribution in [3.05, 3.63) is 78.8 Å². The van der Waals surface area contributed by atoms with Crippen LogP contribution >= 0.6 is 0 Å². The molecule has 1 aliphatic heterocycles. The van der Waals surface area contributed by atoms with Crippen LogP contribution in [0.4, 0.5) is 16.2 Å². The minimum absolute atomic E-state index is 0.119. The molecule has 0 bridgehead atoms. The fraction of sp³-hybridized carbons (Fsp3) is 0.185. The van der Waals surface area contributed by atoms with E-state index in [2.05, 4.69) is 21.3 Å². The standard InChI is InChI=1S/C27H24N6O2/c1-35-26-23-4-2-3-22(20-7-5-19(17-28)6-8-20)25(23)30-18-24(26)32-13-15-33(16-14-32)27(34)31-21-9-11-29-12-10-21/h2-12,18H,13-16H2,1H3,(H,29,31,34). The maximum absolute atomic E-state index is 12.6. The van der Waals surface area contributed by atoms with Crippen molar-refractivity contribution < 1.29 is 9.53 Å². The lowest BCUT2D eigenvalue weighted by atomic mass is 10.00. The number of nitriles is 1. The van der Waals surface area contributed by atoms with Gasteiger partial charge in [-0.1, -0.05) is 24.3 Å². The number of nitrogens with one attached hydrogen (secondary N) is 1. The van der Waals surface area contributed by atoms with E-state index in [-0.39, 0.29) is 6.03 Å². The normalized spacial score (nSPS) is 13.4. The van der Waals surface area contributed by atoms with Gasteiger partial charge in [0.05, 0.1) is 36.1 Å². The van der Waals surface area contributed by atoms with Gasteiger partial charge in [0.15, 0.2) is 5.75 Å². The smallest absolute Gasteiger partial charge is 0.321 e. The van der Waals surface area contributed by atoms with Crippen molar-refractivity contribution in [3.8, 4) is 22.9 Å². The first-order valence-electron chi connectivity index (χ1n) is 11.3. The number of urea groups is 1. The molecule has 0 unspecified atom stereocenters. The molecule has 0 spiro atoms. The van der Waals surface area contributed by atoms with Gasteiger partial charge in [-0.15, -0.1) is 0 Å². The molecule has 4 aromatic rings. The van der Waals surface area contributed by atoms with Gasteiger partial charge >= 0.3 is 6.03 Å². The van der Waals surface area contributed by atoms with E-state index in [1.165, 1.54) is 0 Å². The Hall–Kier alpha value is -4.64. The number of aromatic nitrogens is 2. The Kier molecular flexibility index (Phi) is 6.14. The van der Waals surface area contributed by atoms with E-state index in [4.69, 9.17) is 15.0 Å². The Morgan fingerprint density at radius 1 is 1.03 bits per heavy atom. The third-order valence-electron chi connectivity index (χ3n) is 6.20. The lowest BCUT2D eigenvalue weighted by Crippen LogP contribution is -2.50. The molecule has 3 heterocycles. The van der Waals surface area contributed by atoms with Crippen LogP contribution in [-0.4, -0.2) is 54.2 Å². The summed E-state index contributed by atoms with van der Waals surface area (Å²) in [5, 5.41) is 12.9. The molecule has 0 aliphatic carbocycles. The number of para-hydroxylation sites is 1. The summed E-state index contributed by atoms with van der Waals surface area (Å²) in [6.45, 7) is 2.51. The van der Waals surface area contributed by atoms with Gasteiger partial charge in [0.25, 0.3) is 0 Å². The Balaban J connectivity index is 1.37. The molecule has 2 amide bonds. The van der Waals surface area contributed by atoms with Crippen LogP contribution in [0.25, 0.3) is 22.0 Å². The third kappa shape index (κ3) is 4.44. The summed E-state index contributed by atoms with van der Waals surface area (Å²) in [6.07, 6.45) is 5.15. The van der Waals surface area contributed by atoms with E-state index >= 15 is 0 Å². The van der Waals surface area contributed by atoms with E-state index in [0.29, 0.717) is 31.7 Å². The summed E-state index contributed by atoms with van der Waals surface area (Å²) in [7, 11) is 1.67. The minimum atomic E-state index is -0.119. The van der Waals surface area contributed by atoms with Crippen LogP contribution < -0.4 is 15.0 Å². The highest BCUT2D eigenvalue weighted by Gasteiger charge is 2.24. The number of methoxy groups -OCH3 is 1. The van der Waals surface area contributed by atoms with Gasteiger partial charge in [0.1, 0.15) is 0 Å². The average molecular weight is 465 g/mol. The lowest BCUT2D eigenvalue weighted by molar-refractivity contribution is 0.208. The summed E-state index contributed by atoms with van der Waals surface area (Å²) in [4.78, 5) is 25.4. The number of benzene rings is 2. The molecular weight excluding hydrogens is 440 g/mol. The van der Waals surface area contributed by atoms with E-state index in [9.17, 15) is 4.79 Å². The van der Waals surface area contributed by atoms with Crippen LogP contribution in [0.5, 0.6) is 5.75 Å². The molecule has 2 aromatic heterocycles. The number of pyridine rings is 2. The number of anilines is 2. The Bertz CT molecular complexity index is 1390. The summed E-state index contributed by atoms with van der Waals surface area (Å²) in [5.74, 6) is 0.764. The zero-order chi connectivity index (χ0) is 24.2. The van der Waals surface area contributed by atoms with Crippen molar-refractivity contribution in [2.45, 2.75) is 0 Å². The van der Waals surface area contributed by atoms with Crippen molar-refractivity contribution in [1.29, 1.82) is 5.26 Å². The molecule has 8 heteroatoms. The monoisotopic (exact) mass is 464 g/mol. The van der Waals surface area contributed by atoms with Gasteiger partial charge in [-0.3, -0.25) is 9.97 Å². The molecule has 35 heavy (non-hydrogen) atoms. The predicted molar refractivity (Wildman–Crippen MR) is 135 cm³/mol. The third-order valence-corrected chi connectivity index (χ3v) is 6.20. The number of hydrogen-bond donors (Lipinski definition) is 1. The number of fused-ring (bicyclic) bond motifs is 1. The number of piperazine rings is 1. The molecule has 1 aliphatic rings. The van der Waals surface area contributed by atoms with Gasteiger partial charge in [0, 0.05) is 55.2 Å². The van der Waals surface area contributed by atoms with Crippen molar-refractivity contribution in [2.24, 2.45) is 0 Å². The molecule has 0 atom stereocenters. The van der Waals surface area contributed by atoms with Gasteiger partial charge in [-0.05, 0) is 35.9 Å². The number of hydrogen-bond acceptors (Lipinski definition) is 6. The lowest BCUT2D eigenvalue weighted by Gasteiger charge is -2.36. The van der Waals surface area contributed by atoms with Gasteiger partial charge in [-0.2, -0.15) is 5.26 Å². The molecule has 0 saturated carbocycles. The van der Waals surface area contributed by atoms with Crippen LogP contribution in [-0.2, 0) is 0 Å². The average Bonchev–Trinajstić information content (AvgIpc) is 2.92. The maximum atomic E-state index is 12.6. The van der Waals surface area contributed by atoms with Gasteiger partial charge < -0.3 is 19.9 Å². The molecule has 8 nitrogen and oxygen atoms in total. The second kappa shape index (κ2) is 9.69. The number of carbonyl (C=O) groups is 1. The summed E-state index contributed by atoms with van der Waals surface area (Å²) >= 11 is 0. The second-order valence-corrected chi connectivity index (χ2v) is 8.21. The number of carbonyl (C=O) groups excluding carboxylic acids is 1. The first kappa shape index (κ1) is 22.2. The summed E-state index contributed by atoms with van der Waals surface area (Å²) < 4.78 is 5.87. The van der Waals surface area contributed by atoms with Crippen molar-refractivity contribution in [3.63, 3.8) is 0 Å². The highest BCUT2D eigenvalue weighted by atomic mass is 16.5. The van der Waals surface area contributed by atoms with Crippen molar-refractivity contribution >= 4 is 28.3 Å². The molecule has 1 N–H and O–H groups in total.